The highest BCUT2D eigenvalue weighted by atomic mass is 16.2. The highest BCUT2D eigenvalue weighted by Gasteiger charge is 2.29. The van der Waals surface area contributed by atoms with Crippen LogP contribution in [-0.4, -0.2) is 38.7 Å². The van der Waals surface area contributed by atoms with E-state index in [1.165, 1.54) is 19.3 Å². The molecule has 1 atom stereocenters. The van der Waals surface area contributed by atoms with Gasteiger partial charge >= 0.3 is 0 Å². The zero-order chi connectivity index (χ0) is 17.9. The summed E-state index contributed by atoms with van der Waals surface area (Å²) < 4.78 is 2.29. The van der Waals surface area contributed by atoms with Gasteiger partial charge in [-0.1, -0.05) is 12.5 Å². The van der Waals surface area contributed by atoms with E-state index in [1.807, 2.05) is 4.90 Å². The van der Waals surface area contributed by atoms with Crippen LogP contribution < -0.4 is 0 Å². The van der Waals surface area contributed by atoms with Gasteiger partial charge in [0.15, 0.2) is 0 Å². The Kier molecular flexibility index (Phi) is 4.70. The number of likely N-dealkylation sites (tertiary alicyclic amines) is 1. The van der Waals surface area contributed by atoms with Crippen LogP contribution in [0.1, 0.15) is 65.6 Å². The first kappa shape index (κ1) is 16.8. The van der Waals surface area contributed by atoms with E-state index in [4.69, 9.17) is 5.26 Å². The van der Waals surface area contributed by atoms with Crippen LogP contribution in [0.4, 0.5) is 0 Å². The highest BCUT2D eigenvalue weighted by Crippen LogP contribution is 2.28. The molecule has 2 aliphatic rings. The van der Waals surface area contributed by atoms with Crippen LogP contribution in [0.3, 0.4) is 0 Å². The quantitative estimate of drug-likeness (QED) is 0.835. The van der Waals surface area contributed by atoms with E-state index >= 15 is 0 Å². The molecule has 1 saturated heterocycles. The third kappa shape index (κ3) is 3.22. The number of hydrogen-bond acceptors (Lipinski definition) is 4. The lowest BCUT2D eigenvalue weighted by atomic mass is 9.96. The molecule has 4 rings (SSSR count). The molecule has 2 aromatic rings. The number of nitrogens with zero attached hydrogens (tertiary/aromatic N) is 5. The molecule has 3 heterocycles. The summed E-state index contributed by atoms with van der Waals surface area (Å²) in [5.41, 5.74) is 1.11. The summed E-state index contributed by atoms with van der Waals surface area (Å²) in [4.78, 5) is 14.8. The molecule has 134 valence electrons. The first-order chi connectivity index (χ1) is 12.8. The summed E-state index contributed by atoms with van der Waals surface area (Å²) in [5.74, 6) is 2.39. The summed E-state index contributed by atoms with van der Waals surface area (Å²) in [6, 6.07) is 9.06. The first-order valence-electron chi connectivity index (χ1n) is 9.47. The number of nitriles is 1. The average molecular weight is 349 g/mol. The van der Waals surface area contributed by atoms with Crippen LogP contribution in [0.15, 0.2) is 24.3 Å². The van der Waals surface area contributed by atoms with E-state index < -0.39 is 0 Å². The van der Waals surface area contributed by atoms with Crippen molar-refractivity contribution < 1.29 is 4.79 Å². The second kappa shape index (κ2) is 7.28. The van der Waals surface area contributed by atoms with Crippen LogP contribution in [0.2, 0.25) is 0 Å². The van der Waals surface area contributed by atoms with Crippen molar-refractivity contribution in [3.63, 3.8) is 0 Å². The van der Waals surface area contributed by atoms with E-state index in [1.54, 1.807) is 24.3 Å². The Labute approximate surface area is 153 Å². The first-order valence-corrected chi connectivity index (χ1v) is 9.47. The number of piperidine rings is 1. The van der Waals surface area contributed by atoms with Crippen LogP contribution in [-0.2, 0) is 13.0 Å². The molecule has 2 aliphatic heterocycles. The second-order valence-corrected chi connectivity index (χ2v) is 7.22. The molecule has 0 N–H and O–H groups in total. The van der Waals surface area contributed by atoms with Gasteiger partial charge in [0.25, 0.3) is 5.91 Å². The van der Waals surface area contributed by atoms with Crippen molar-refractivity contribution in [3.8, 4) is 6.07 Å². The fourth-order valence-corrected chi connectivity index (χ4v) is 4.09. The van der Waals surface area contributed by atoms with Crippen molar-refractivity contribution in [2.24, 2.45) is 0 Å². The molecule has 1 unspecified atom stereocenters. The number of aryl methyl sites for hydroxylation is 1. The molecular weight excluding hydrogens is 326 g/mol. The van der Waals surface area contributed by atoms with Gasteiger partial charge in [0.2, 0.25) is 0 Å². The summed E-state index contributed by atoms with van der Waals surface area (Å²) in [6.07, 6.45) is 6.62. The van der Waals surface area contributed by atoms with E-state index in [-0.39, 0.29) is 11.8 Å². The van der Waals surface area contributed by atoms with Crippen molar-refractivity contribution in [2.75, 3.05) is 13.1 Å². The van der Waals surface area contributed by atoms with Gasteiger partial charge in [-0.25, -0.2) is 0 Å². The van der Waals surface area contributed by atoms with Gasteiger partial charge in [-0.2, -0.15) is 5.26 Å². The molecular formula is C20H23N5O. The fraction of sp³-hybridized carbons (Fsp3) is 0.500. The summed E-state index contributed by atoms with van der Waals surface area (Å²) in [6.45, 7) is 2.42. The van der Waals surface area contributed by atoms with Gasteiger partial charge in [0.05, 0.1) is 11.6 Å². The fourth-order valence-electron chi connectivity index (χ4n) is 4.09. The Morgan fingerprint density at radius 1 is 1.15 bits per heavy atom. The lowest BCUT2D eigenvalue weighted by Gasteiger charge is -2.32. The SMILES string of the molecule is N#Cc1cccc(C(=O)N2CCCC(c3nnc4n3CCCCC4)C2)c1. The molecule has 0 aliphatic carbocycles. The van der Waals surface area contributed by atoms with Gasteiger partial charge in [-0.05, 0) is 43.9 Å². The van der Waals surface area contributed by atoms with Crippen molar-refractivity contribution >= 4 is 5.91 Å². The monoisotopic (exact) mass is 349 g/mol. The number of benzene rings is 1. The standard InChI is InChI=1S/C20H23N5O/c21-13-15-6-4-7-16(12-15)20(26)24-10-5-8-17(14-24)19-23-22-18-9-2-1-3-11-25(18)19/h4,6-7,12,17H,1-3,5,8-11,14H2. The largest absolute Gasteiger partial charge is 0.338 e. The molecule has 0 spiro atoms. The molecule has 6 heteroatoms. The highest BCUT2D eigenvalue weighted by molar-refractivity contribution is 5.94. The number of carbonyl (C=O) groups excluding carboxylic acids is 1. The predicted molar refractivity (Wildman–Crippen MR) is 96.6 cm³/mol. The summed E-state index contributed by atoms with van der Waals surface area (Å²) in [7, 11) is 0. The molecule has 1 fully saturated rings. The number of aromatic nitrogens is 3. The van der Waals surface area contributed by atoms with Crippen molar-refractivity contribution in [1.29, 1.82) is 5.26 Å². The Balaban J connectivity index is 1.54. The minimum Gasteiger partial charge on any atom is -0.338 e. The third-order valence-electron chi connectivity index (χ3n) is 5.45. The van der Waals surface area contributed by atoms with Crippen LogP contribution >= 0.6 is 0 Å². The zero-order valence-corrected chi connectivity index (χ0v) is 14.9. The molecule has 0 bridgehead atoms. The Bertz CT molecular complexity index is 850. The van der Waals surface area contributed by atoms with E-state index in [0.717, 1.165) is 44.0 Å². The van der Waals surface area contributed by atoms with E-state index in [9.17, 15) is 4.79 Å². The van der Waals surface area contributed by atoms with E-state index in [2.05, 4.69) is 20.8 Å². The van der Waals surface area contributed by atoms with Gasteiger partial charge in [-0.15, -0.1) is 10.2 Å². The Morgan fingerprint density at radius 2 is 2.08 bits per heavy atom. The number of fused-ring (bicyclic) bond motifs is 1. The van der Waals surface area contributed by atoms with Crippen LogP contribution in [0.5, 0.6) is 0 Å². The van der Waals surface area contributed by atoms with Crippen molar-refractivity contribution in [3.05, 3.63) is 47.0 Å². The maximum Gasteiger partial charge on any atom is 0.253 e. The van der Waals surface area contributed by atoms with Crippen molar-refractivity contribution in [1.82, 2.24) is 19.7 Å². The second-order valence-electron chi connectivity index (χ2n) is 7.22. The topological polar surface area (TPSA) is 74.8 Å². The molecule has 0 radical (unpaired) electrons. The lowest BCUT2D eigenvalue weighted by Crippen LogP contribution is -2.39. The molecule has 1 aromatic heterocycles. The molecule has 6 nitrogen and oxygen atoms in total. The number of carbonyl (C=O) groups is 1. The van der Waals surface area contributed by atoms with Gasteiger partial charge < -0.3 is 9.47 Å². The van der Waals surface area contributed by atoms with Gasteiger partial charge in [0.1, 0.15) is 11.6 Å². The number of amides is 1. The molecule has 1 aromatic carbocycles. The lowest BCUT2D eigenvalue weighted by molar-refractivity contribution is 0.0703. The number of hydrogen-bond donors (Lipinski definition) is 0. The normalized spacial score (nSPS) is 20.1. The maximum atomic E-state index is 12.9. The number of rotatable bonds is 2. The van der Waals surface area contributed by atoms with Gasteiger partial charge in [0, 0.05) is 37.5 Å². The van der Waals surface area contributed by atoms with Crippen LogP contribution in [0, 0.1) is 11.3 Å². The Morgan fingerprint density at radius 3 is 2.96 bits per heavy atom. The molecule has 1 amide bonds. The minimum atomic E-state index is 0.00223. The van der Waals surface area contributed by atoms with Crippen LogP contribution in [0.25, 0.3) is 0 Å². The molecule has 0 saturated carbocycles. The Hall–Kier alpha value is -2.68. The maximum absolute atomic E-state index is 12.9. The van der Waals surface area contributed by atoms with Crippen molar-refractivity contribution in [2.45, 2.75) is 51.0 Å². The average Bonchev–Trinajstić information content (AvgIpc) is 2.96. The molecule has 26 heavy (non-hydrogen) atoms. The summed E-state index contributed by atoms with van der Waals surface area (Å²) >= 11 is 0. The predicted octanol–water partition coefficient (Wildman–Crippen LogP) is 2.90. The summed E-state index contributed by atoms with van der Waals surface area (Å²) in [5, 5.41) is 18.0. The third-order valence-corrected chi connectivity index (χ3v) is 5.45. The smallest absolute Gasteiger partial charge is 0.253 e. The van der Waals surface area contributed by atoms with E-state index in [0.29, 0.717) is 17.7 Å². The minimum absolute atomic E-state index is 0.00223. The van der Waals surface area contributed by atoms with Gasteiger partial charge in [-0.3, -0.25) is 4.79 Å². The zero-order valence-electron chi connectivity index (χ0n) is 14.9.